The molecule has 1 aliphatic rings. The number of morpholine rings is 1. The van der Waals surface area contributed by atoms with E-state index in [2.05, 4.69) is 41.8 Å². The predicted molar refractivity (Wildman–Crippen MR) is 95.7 cm³/mol. The van der Waals surface area contributed by atoms with Gasteiger partial charge < -0.3 is 20.3 Å². The van der Waals surface area contributed by atoms with E-state index in [1.807, 2.05) is 0 Å². The fourth-order valence-electron chi connectivity index (χ4n) is 2.67. The van der Waals surface area contributed by atoms with Gasteiger partial charge in [0.2, 0.25) is 0 Å². The molecule has 0 amide bonds. The van der Waals surface area contributed by atoms with Crippen LogP contribution in [0, 0.1) is 0 Å². The van der Waals surface area contributed by atoms with Crippen molar-refractivity contribution in [3.05, 3.63) is 29.8 Å². The molecule has 4 nitrogen and oxygen atoms in total. The van der Waals surface area contributed by atoms with Crippen molar-refractivity contribution in [1.82, 2.24) is 5.32 Å². The van der Waals surface area contributed by atoms with Crippen LogP contribution in [-0.2, 0) is 11.2 Å². The van der Waals surface area contributed by atoms with E-state index < -0.39 is 0 Å². The van der Waals surface area contributed by atoms with Gasteiger partial charge in [0.05, 0.1) is 19.8 Å². The van der Waals surface area contributed by atoms with Gasteiger partial charge in [-0.1, -0.05) is 25.5 Å². The Morgan fingerprint density at radius 2 is 1.95 bits per heavy atom. The average molecular weight is 322 g/mol. The largest absolute Gasteiger partial charge is 0.370 e. The lowest BCUT2D eigenvalue weighted by atomic mass is 10.1. The number of rotatable bonds is 7. The molecule has 0 radical (unpaired) electrons. The van der Waals surface area contributed by atoms with Crippen LogP contribution in [0.2, 0.25) is 0 Å². The molecule has 0 atom stereocenters. The normalized spacial score (nSPS) is 15.5. The molecule has 1 fully saturated rings. The average Bonchev–Trinajstić information content (AvgIpc) is 2.55. The van der Waals surface area contributed by atoms with Gasteiger partial charge in [-0.05, 0) is 36.3 Å². The summed E-state index contributed by atoms with van der Waals surface area (Å²) in [6.45, 7) is 8.37. The van der Waals surface area contributed by atoms with Crippen molar-refractivity contribution in [3.63, 3.8) is 0 Å². The number of quaternary nitrogens is 1. The first-order valence-electron chi connectivity index (χ1n) is 8.33. The van der Waals surface area contributed by atoms with Crippen LogP contribution in [-0.4, -0.2) is 44.5 Å². The van der Waals surface area contributed by atoms with Gasteiger partial charge in [-0.15, -0.1) is 0 Å². The number of anilines is 1. The maximum Gasteiger partial charge on any atom is 0.170 e. The summed E-state index contributed by atoms with van der Waals surface area (Å²) in [5.41, 5.74) is 2.43. The molecule has 1 aromatic carbocycles. The molecule has 0 aliphatic carbocycles. The minimum absolute atomic E-state index is 0.709. The molecule has 0 saturated carbocycles. The first-order valence-corrected chi connectivity index (χ1v) is 8.74. The van der Waals surface area contributed by atoms with Gasteiger partial charge in [-0.2, -0.15) is 0 Å². The van der Waals surface area contributed by atoms with E-state index in [1.165, 1.54) is 18.5 Å². The highest BCUT2D eigenvalue weighted by molar-refractivity contribution is 7.80. The van der Waals surface area contributed by atoms with Crippen molar-refractivity contribution >= 4 is 23.0 Å². The number of hydrogen-bond acceptors (Lipinski definition) is 2. The second-order valence-electron chi connectivity index (χ2n) is 5.79. The van der Waals surface area contributed by atoms with Crippen molar-refractivity contribution in [2.45, 2.75) is 26.2 Å². The second kappa shape index (κ2) is 9.77. The third kappa shape index (κ3) is 6.30. The Bertz CT molecular complexity index is 444. The minimum atomic E-state index is 0.709. The Morgan fingerprint density at radius 3 is 2.64 bits per heavy atom. The van der Waals surface area contributed by atoms with E-state index in [1.54, 1.807) is 4.90 Å². The van der Waals surface area contributed by atoms with Crippen molar-refractivity contribution in [3.8, 4) is 0 Å². The van der Waals surface area contributed by atoms with Gasteiger partial charge in [0.1, 0.15) is 13.1 Å². The van der Waals surface area contributed by atoms with E-state index in [9.17, 15) is 0 Å². The van der Waals surface area contributed by atoms with Crippen LogP contribution < -0.4 is 15.5 Å². The summed E-state index contributed by atoms with van der Waals surface area (Å²) in [6.07, 6.45) is 3.44. The number of aryl methyl sites for hydroxylation is 1. The topological polar surface area (TPSA) is 37.7 Å². The Labute approximate surface area is 139 Å². The molecule has 3 N–H and O–H groups in total. The Morgan fingerprint density at radius 1 is 1.23 bits per heavy atom. The van der Waals surface area contributed by atoms with Crippen LogP contribution in [0.4, 0.5) is 5.69 Å². The maximum atomic E-state index is 5.37. The second-order valence-corrected chi connectivity index (χ2v) is 6.20. The van der Waals surface area contributed by atoms with E-state index in [4.69, 9.17) is 17.0 Å². The summed E-state index contributed by atoms with van der Waals surface area (Å²) in [6, 6.07) is 8.51. The van der Waals surface area contributed by atoms with E-state index in [0.29, 0.717) is 5.11 Å². The SMILES string of the molecule is CCCc1ccc(NC(=S)NCCC[NH+]2CCOCC2)cc1. The van der Waals surface area contributed by atoms with Crippen LogP contribution in [0.1, 0.15) is 25.3 Å². The van der Waals surface area contributed by atoms with Crippen LogP contribution >= 0.6 is 12.2 Å². The van der Waals surface area contributed by atoms with Crippen molar-refractivity contribution in [2.24, 2.45) is 0 Å². The van der Waals surface area contributed by atoms with Gasteiger partial charge in [0, 0.05) is 18.7 Å². The summed E-state index contributed by atoms with van der Waals surface area (Å²) in [5, 5.41) is 7.24. The molecule has 1 saturated heterocycles. The van der Waals surface area contributed by atoms with Gasteiger partial charge in [-0.25, -0.2) is 0 Å². The quantitative estimate of drug-likeness (QED) is 0.521. The summed E-state index contributed by atoms with van der Waals surface area (Å²) in [7, 11) is 0. The molecule has 122 valence electrons. The molecule has 5 heteroatoms. The molecule has 0 aromatic heterocycles. The van der Waals surface area contributed by atoms with Crippen molar-refractivity contribution in [1.29, 1.82) is 0 Å². The Balaban J connectivity index is 1.60. The van der Waals surface area contributed by atoms with Crippen LogP contribution in [0.15, 0.2) is 24.3 Å². The Hall–Kier alpha value is -1.17. The summed E-state index contributed by atoms with van der Waals surface area (Å²) < 4.78 is 5.37. The molecule has 1 aromatic rings. The zero-order chi connectivity index (χ0) is 15.6. The summed E-state index contributed by atoms with van der Waals surface area (Å²) in [5.74, 6) is 0. The molecule has 1 heterocycles. The summed E-state index contributed by atoms with van der Waals surface area (Å²) >= 11 is 5.34. The molecule has 0 unspecified atom stereocenters. The molecular formula is C17H28N3OS+. The zero-order valence-corrected chi connectivity index (χ0v) is 14.3. The minimum Gasteiger partial charge on any atom is -0.370 e. The third-order valence-corrected chi connectivity index (χ3v) is 4.19. The fourth-order valence-corrected chi connectivity index (χ4v) is 2.89. The number of ether oxygens (including phenoxy) is 1. The highest BCUT2D eigenvalue weighted by atomic mass is 32.1. The first-order chi connectivity index (χ1) is 10.8. The number of thiocarbonyl (C=S) groups is 1. The lowest BCUT2D eigenvalue weighted by Gasteiger charge is -2.23. The van der Waals surface area contributed by atoms with E-state index >= 15 is 0 Å². The summed E-state index contributed by atoms with van der Waals surface area (Å²) in [4.78, 5) is 1.64. The van der Waals surface area contributed by atoms with E-state index in [0.717, 1.165) is 51.4 Å². The molecule has 22 heavy (non-hydrogen) atoms. The van der Waals surface area contributed by atoms with Crippen LogP contribution in [0.3, 0.4) is 0 Å². The predicted octanol–water partition coefficient (Wildman–Crippen LogP) is 1.23. The molecule has 0 bridgehead atoms. The molecule has 1 aliphatic heterocycles. The van der Waals surface area contributed by atoms with Gasteiger partial charge in [0.15, 0.2) is 5.11 Å². The zero-order valence-electron chi connectivity index (χ0n) is 13.5. The molecule has 0 spiro atoms. The standard InChI is InChI=1S/C17H27N3OS/c1-2-4-15-5-7-16(8-6-15)19-17(22)18-9-3-10-20-11-13-21-14-12-20/h5-8H,2-4,9-14H2,1H3,(H2,18,19,22)/p+1. The van der Waals surface area contributed by atoms with Crippen molar-refractivity contribution < 1.29 is 9.64 Å². The lowest BCUT2D eigenvalue weighted by Crippen LogP contribution is -3.14. The monoisotopic (exact) mass is 322 g/mol. The third-order valence-electron chi connectivity index (χ3n) is 3.94. The van der Waals surface area contributed by atoms with Gasteiger partial charge in [0.25, 0.3) is 0 Å². The number of hydrogen-bond donors (Lipinski definition) is 3. The van der Waals surface area contributed by atoms with Crippen LogP contribution in [0.5, 0.6) is 0 Å². The van der Waals surface area contributed by atoms with Crippen LogP contribution in [0.25, 0.3) is 0 Å². The molecular weight excluding hydrogens is 294 g/mol. The fraction of sp³-hybridized carbons (Fsp3) is 0.588. The smallest absolute Gasteiger partial charge is 0.170 e. The molecule has 2 rings (SSSR count). The Kier molecular flexibility index (Phi) is 7.63. The maximum absolute atomic E-state index is 5.37. The number of nitrogens with one attached hydrogen (secondary N) is 3. The van der Waals surface area contributed by atoms with Crippen molar-refractivity contribution in [2.75, 3.05) is 44.7 Å². The van der Waals surface area contributed by atoms with Gasteiger partial charge >= 0.3 is 0 Å². The van der Waals surface area contributed by atoms with E-state index in [-0.39, 0.29) is 0 Å². The number of benzene rings is 1. The van der Waals surface area contributed by atoms with Gasteiger partial charge in [-0.3, -0.25) is 0 Å². The first kappa shape index (κ1) is 17.2. The lowest BCUT2D eigenvalue weighted by molar-refractivity contribution is -0.908. The highest BCUT2D eigenvalue weighted by Gasteiger charge is 2.12. The highest BCUT2D eigenvalue weighted by Crippen LogP contribution is 2.10.